The number of imidazole rings is 1. The number of amides is 1. The molecule has 0 saturated carbocycles. The zero-order chi connectivity index (χ0) is 20.8. The van der Waals surface area contributed by atoms with E-state index in [-0.39, 0.29) is 5.91 Å². The standard InChI is InChI=1S/C24H30N4O/c1-18(2)13-24(29)28(15-21-7-9-25-10-8-21)17-23-26-11-12-27(23)16-22-14-19(3)5-6-20(22)4/h5-12,14,18H,13,15-17H2,1-4H3. The fourth-order valence-electron chi connectivity index (χ4n) is 3.38. The molecule has 3 rings (SSSR count). The van der Waals surface area contributed by atoms with Gasteiger partial charge in [-0.1, -0.05) is 37.6 Å². The van der Waals surface area contributed by atoms with E-state index in [1.165, 1.54) is 16.7 Å². The molecule has 1 amide bonds. The van der Waals surface area contributed by atoms with Crippen LogP contribution in [0, 0.1) is 19.8 Å². The first kappa shape index (κ1) is 20.8. The molecular formula is C24H30N4O. The van der Waals surface area contributed by atoms with Crippen LogP contribution in [0.5, 0.6) is 0 Å². The van der Waals surface area contributed by atoms with E-state index in [0.717, 1.165) is 17.9 Å². The van der Waals surface area contributed by atoms with Gasteiger partial charge in [0.2, 0.25) is 5.91 Å². The molecule has 0 bridgehead atoms. The predicted octanol–water partition coefficient (Wildman–Crippen LogP) is 4.52. The highest BCUT2D eigenvalue weighted by molar-refractivity contribution is 5.76. The van der Waals surface area contributed by atoms with Crippen LogP contribution in [0.1, 0.15) is 48.3 Å². The molecule has 0 aliphatic heterocycles. The molecule has 0 unspecified atom stereocenters. The number of hydrogen-bond acceptors (Lipinski definition) is 3. The van der Waals surface area contributed by atoms with Gasteiger partial charge < -0.3 is 9.47 Å². The maximum atomic E-state index is 12.9. The fraction of sp³-hybridized carbons (Fsp3) is 0.375. The van der Waals surface area contributed by atoms with Gasteiger partial charge in [-0.05, 0) is 48.6 Å². The van der Waals surface area contributed by atoms with Crippen molar-refractivity contribution in [1.82, 2.24) is 19.4 Å². The zero-order valence-corrected chi connectivity index (χ0v) is 17.8. The summed E-state index contributed by atoms with van der Waals surface area (Å²) in [6, 6.07) is 10.4. The number of aromatic nitrogens is 3. The number of rotatable bonds is 8. The molecule has 0 atom stereocenters. The van der Waals surface area contributed by atoms with Gasteiger partial charge in [-0.2, -0.15) is 0 Å². The summed E-state index contributed by atoms with van der Waals surface area (Å²) in [5.74, 6) is 1.37. The number of carbonyl (C=O) groups is 1. The van der Waals surface area contributed by atoms with Gasteiger partial charge in [0.15, 0.2) is 0 Å². The highest BCUT2D eigenvalue weighted by atomic mass is 16.2. The van der Waals surface area contributed by atoms with Gasteiger partial charge in [-0.3, -0.25) is 9.78 Å². The minimum absolute atomic E-state index is 0.151. The summed E-state index contributed by atoms with van der Waals surface area (Å²) < 4.78 is 2.14. The summed E-state index contributed by atoms with van der Waals surface area (Å²) in [6.45, 7) is 10.2. The van der Waals surface area contributed by atoms with Crippen molar-refractivity contribution >= 4 is 5.91 Å². The van der Waals surface area contributed by atoms with Gasteiger partial charge in [-0.15, -0.1) is 0 Å². The van der Waals surface area contributed by atoms with Crippen LogP contribution in [0.4, 0.5) is 0 Å². The van der Waals surface area contributed by atoms with Crippen molar-refractivity contribution in [3.8, 4) is 0 Å². The van der Waals surface area contributed by atoms with Crippen LogP contribution < -0.4 is 0 Å². The van der Waals surface area contributed by atoms with Crippen molar-refractivity contribution in [3.63, 3.8) is 0 Å². The molecule has 152 valence electrons. The maximum Gasteiger partial charge on any atom is 0.223 e. The average molecular weight is 391 g/mol. The lowest BCUT2D eigenvalue weighted by molar-refractivity contribution is -0.133. The number of nitrogens with zero attached hydrogens (tertiary/aromatic N) is 4. The largest absolute Gasteiger partial charge is 0.331 e. The Hall–Kier alpha value is -2.95. The van der Waals surface area contributed by atoms with E-state index in [1.54, 1.807) is 12.4 Å². The van der Waals surface area contributed by atoms with Crippen LogP contribution in [-0.2, 0) is 24.4 Å². The van der Waals surface area contributed by atoms with Gasteiger partial charge in [0.05, 0.1) is 6.54 Å². The van der Waals surface area contributed by atoms with Crippen molar-refractivity contribution in [2.24, 2.45) is 5.92 Å². The van der Waals surface area contributed by atoms with Crippen molar-refractivity contribution in [2.45, 2.75) is 53.8 Å². The van der Waals surface area contributed by atoms with Gasteiger partial charge in [0, 0.05) is 44.3 Å². The molecule has 0 spiro atoms. The molecule has 3 aromatic rings. The fourth-order valence-corrected chi connectivity index (χ4v) is 3.38. The Kier molecular flexibility index (Phi) is 6.81. The summed E-state index contributed by atoms with van der Waals surface area (Å²) in [7, 11) is 0. The first-order chi connectivity index (χ1) is 13.9. The Morgan fingerprint density at radius 1 is 1.07 bits per heavy atom. The smallest absolute Gasteiger partial charge is 0.223 e. The number of hydrogen-bond donors (Lipinski definition) is 0. The number of aryl methyl sites for hydroxylation is 2. The number of pyridine rings is 1. The molecule has 2 aromatic heterocycles. The molecule has 29 heavy (non-hydrogen) atoms. The molecule has 0 aliphatic carbocycles. The van der Waals surface area contributed by atoms with Crippen molar-refractivity contribution in [3.05, 3.63) is 83.2 Å². The van der Waals surface area contributed by atoms with Gasteiger partial charge in [0.1, 0.15) is 5.82 Å². The first-order valence-electron chi connectivity index (χ1n) is 10.1. The van der Waals surface area contributed by atoms with E-state index in [9.17, 15) is 4.79 Å². The summed E-state index contributed by atoms with van der Waals surface area (Å²) in [5, 5.41) is 0. The second-order valence-corrected chi connectivity index (χ2v) is 8.10. The SMILES string of the molecule is Cc1ccc(C)c(Cn2ccnc2CN(Cc2ccncc2)C(=O)CC(C)C)c1. The maximum absolute atomic E-state index is 12.9. The third-order valence-electron chi connectivity index (χ3n) is 5.04. The quantitative estimate of drug-likeness (QED) is 0.568. The Morgan fingerprint density at radius 2 is 1.83 bits per heavy atom. The van der Waals surface area contributed by atoms with Crippen molar-refractivity contribution in [2.75, 3.05) is 0 Å². The van der Waals surface area contributed by atoms with Crippen LogP contribution in [0.3, 0.4) is 0 Å². The van der Waals surface area contributed by atoms with E-state index >= 15 is 0 Å². The topological polar surface area (TPSA) is 51.0 Å². The predicted molar refractivity (Wildman–Crippen MR) is 115 cm³/mol. The summed E-state index contributed by atoms with van der Waals surface area (Å²) >= 11 is 0. The number of benzene rings is 1. The Morgan fingerprint density at radius 3 is 2.55 bits per heavy atom. The van der Waals surface area contributed by atoms with E-state index in [4.69, 9.17) is 0 Å². The minimum atomic E-state index is 0.151. The molecule has 0 saturated heterocycles. The third-order valence-corrected chi connectivity index (χ3v) is 5.04. The van der Waals surface area contributed by atoms with Crippen LogP contribution >= 0.6 is 0 Å². The van der Waals surface area contributed by atoms with E-state index < -0.39 is 0 Å². The van der Waals surface area contributed by atoms with E-state index in [2.05, 4.69) is 60.4 Å². The number of carbonyl (C=O) groups excluding carboxylic acids is 1. The Bertz CT molecular complexity index is 947. The van der Waals surface area contributed by atoms with Crippen molar-refractivity contribution < 1.29 is 4.79 Å². The van der Waals surface area contributed by atoms with Crippen LogP contribution in [0.2, 0.25) is 0 Å². The van der Waals surface area contributed by atoms with Gasteiger partial charge in [0.25, 0.3) is 0 Å². The first-order valence-corrected chi connectivity index (χ1v) is 10.1. The molecule has 0 N–H and O–H groups in total. The minimum Gasteiger partial charge on any atom is -0.331 e. The third kappa shape index (κ3) is 5.76. The van der Waals surface area contributed by atoms with Crippen LogP contribution in [-0.4, -0.2) is 25.3 Å². The second kappa shape index (κ2) is 9.50. The average Bonchev–Trinajstić information content (AvgIpc) is 3.11. The molecule has 0 fully saturated rings. The van der Waals surface area contributed by atoms with Crippen LogP contribution in [0.25, 0.3) is 0 Å². The summed E-state index contributed by atoms with van der Waals surface area (Å²) in [4.78, 5) is 23.5. The second-order valence-electron chi connectivity index (χ2n) is 8.10. The molecule has 5 heteroatoms. The van der Waals surface area contributed by atoms with E-state index in [0.29, 0.717) is 25.4 Å². The van der Waals surface area contributed by atoms with Crippen molar-refractivity contribution in [1.29, 1.82) is 0 Å². The lowest BCUT2D eigenvalue weighted by atomic mass is 10.1. The molecule has 0 aliphatic rings. The molecule has 2 heterocycles. The Labute approximate surface area is 173 Å². The lowest BCUT2D eigenvalue weighted by Gasteiger charge is -2.24. The highest BCUT2D eigenvalue weighted by Crippen LogP contribution is 2.16. The molecule has 0 radical (unpaired) electrons. The lowest BCUT2D eigenvalue weighted by Crippen LogP contribution is -2.32. The van der Waals surface area contributed by atoms with Crippen LogP contribution in [0.15, 0.2) is 55.1 Å². The highest BCUT2D eigenvalue weighted by Gasteiger charge is 2.18. The molecular weight excluding hydrogens is 360 g/mol. The summed E-state index contributed by atoms with van der Waals surface area (Å²) in [6.07, 6.45) is 7.87. The van der Waals surface area contributed by atoms with Gasteiger partial charge >= 0.3 is 0 Å². The summed E-state index contributed by atoms with van der Waals surface area (Å²) in [5.41, 5.74) is 4.86. The van der Waals surface area contributed by atoms with E-state index in [1.807, 2.05) is 29.4 Å². The molecule has 5 nitrogen and oxygen atoms in total. The molecule has 1 aromatic carbocycles. The normalized spacial score (nSPS) is 11.1. The Balaban J connectivity index is 1.81. The van der Waals surface area contributed by atoms with Gasteiger partial charge in [-0.25, -0.2) is 4.98 Å². The zero-order valence-electron chi connectivity index (χ0n) is 17.8. The monoisotopic (exact) mass is 390 g/mol.